The highest BCUT2D eigenvalue weighted by molar-refractivity contribution is 6.16. The minimum absolute atomic E-state index is 0.0997. The van der Waals surface area contributed by atoms with E-state index in [0.717, 1.165) is 25.9 Å². The Morgan fingerprint density at radius 2 is 1.83 bits per heavy atom. The number of rotatable bonds is 8. The number of hydrogen-bond acceptors (Lipinski definition) is 4. The zero-order valence-electron chi connectivity index (χ0n) is 14.7. The van der Waals surface area contributed by atoms with Crippen LogP contribution in [-0.2, 0) is 14.3 Å². The average Bonchev–Trinajstić information content (AvgIpc) is 2.57. The predicted molar refractivity (Wildman–Crippen MR) is 91.8 cm³/mol. The van der Waals surface area contributed by atoms with Gasteiger partial charge in [0, 0.05) is 26.7 Å². The molecule has 130 valence electrons. The molecule has 0 aliphatic carbocycles. The number of carbonyl (C=O) groups is 2. The third-order valence-corrected chi connectivity index (χ3v) is 3.74. The molecule has 0 radical (unpaired) electrons. The van der Waals surface area contributed by atoms with E-state index in [0.29, 0.717) is 13.2 Å². The molecule has 0 spiro atoms. The molecule has 0 aromatic carbocycles. The van der Waals surface area contributed by atoms with Crippen molar-refractivity contribution in [3.63, 3.8) is 0 Å². The van der Waals surface area contributed by atoms with E-state index >= 15 is 0 Å². The van der Waals surface area contributed by atoms with Gasteiger partial charge < -0.3 is 14.5 Å². The van der Waals surface area contributed by atoms with Crippen molar-refractivity contribution in [3.8, 4) is 0 Å². The van der Waals surface area contributed by atoms with E-state index in [2.05, 4.69) is 4.90 Å². The smallest absolute Gasteiger partial charge is 0.343 e. The van der Waals surface area contributed by atoms with E-state index < -0.39 is 5.97 Å². The summed E-state index contributed by atoms with van der Waals surface area (Å²) in [6.45, 7) is 6.94. The van der Waals surface area contributed by atoms with Gasteiger partial charge in [-0.3, -0.25) is 4.79 Å². The Morgan fingerprint density at radius 1 is 1.13 bits per heavy atom. The molecule has 1 aliphatic heterocycles. The molecular weight excluding hydrogens is 292 g/mol. The van der Waals surface area contributed by atoms with Gasteiger partial charge in [-0.05, 0) is 50.5 Å². The van der Waals surface area contributed by atoms with Crippen LogP contribution < -0.4 is 0 Å². The summed E-state index contributed by atoms with van der Waals surface area (Å²) in [5.74, 6) is -0.820. The predicted octanol–water partition coefficient (Wildman–Crippen LogP) is 2.73. The third-order valence-electron chi connectivity index (χ3n) is 3.74. The van der Waals surface area contributed by atoms with E-state index in [-0.39, 0.29) is 11.5 Å². The normalized spacial score (nSPS) is 15.8. The highest BCUT2D eigenvalue weighted by Gasteiger charge is 2.22. The molecule has 1 saturated heterocycles. The Balaban J connectivity index is 2.79. The van der Waals surface area contributed by atoms with Crippen LogP contribution >= 0.6 is 0 Å². The number of amides is 1. The zero-order chi connectivity index (χ0) is 17.1. The maximum Gasteiger partial charge on any atom is 0.343 e. The van der Waals surface area contributed by atoms with Crippen LogP contribution in [0, 0.1) is 0 Å². The molecule has 0 aromatic rings. The van der Waals surface area contributed by atoms with Crippen molar-refractivity contribution >= 4 is 11.9 Å². The Hall–Kier alpha value is -1.78. The fraction of sp³-hybridized carbons (Fsp3) is 0.667. The summed E-state index contributed by atoms with van der Waals surface area (Å²) in [6, 6.07) is 0. The third kappa shape index (κ3) is 6.89. The second-order valence-electron chi connectivity index (χ2n) is 5.88. The van der Waals surface area contributed by atoms with E-state index in [4.69, 9.17) is 4.74 Å². The van der Waals surface area contributed by atoms with Crippen LogP contribution in [0.15, 0.2) is 23.9 Å². The van der Waals surface area contributed by atoms with Crippen LogP contribution in [0.2, 0.25) is 0 Å². The summed E-state index contributed by atoms with van der Waals surface area (Å²) in [4.78, 5) is 28.4. The van der Waals surface area contributed by atoms with E-state index in [1.165, 1.54) is 19.3 Å². The van der Waals surface area contributed by atoms with Crippen LogP contribution in [0.4, 0.5) is 0 Å². The lowest BCUT2D eigenvalue weighted by atomic mass is 10.1. The van der Waals surface area contributed by atoms with Crippen molar-refractivity contribution in [3.05, 3.63) is 23.9 Å². The first-order valence-corrected chi connectivity index (χ1v) is 8.65. The molecule has 0 atom stereocenters. The summed E-state index contributed by atoms with van der Waals surface area (Å²) in [6.07, 6.45) is 10.6. The van der Waals surface area contributed by atoms with Gasteiger partial charge in [-0.2, -0.15) is 0 Å². The first kappa shape index (κ1) is 19.3. The van der Waals surface area contributed by atoms with Crippen LogP contribution in [0.1, 0.15) is 46.0 Å². The summed E-state index contributed by atoms with van der Waals surface area (Å²) in [5, 5.41) is 0. The molecule has 0 unspecified atom stereocenters. The van der Waals surface area contributed by atoms with Crippen molar-refractivity contribution < 1.29 is 14.3 Å². The minimum Gasteiger partial charge on any atom is -0.462 e. The molecule has 0 N–H and O–H groups in total. The number of piperidine rings is 1. The largest absolute Gasteiger partial charge is 0.462 e. The number of nitrogens with zero attached hydrogens (tertiary/aromatic N) is 2. The first-order chi connectivity index (χ1) is 11.1. The van der Waals surface area contributed by atoms with Gasteiger partial charge in [0.1, 0.15) is 5.57 Å². The number of carbonyl (C=O) groups excluding carboxylic acids is 2. The lowest BCUT2D eigenvalue weighted by molar-refractivity contribution is -0.142. The average molecular weight is 322 g/mol. The molecule has 1 rings (SSSR count). The van der Waals surface area contributed by atoms with Gasteiger partial charge in [0.05, 0.1) is 6.61 Å². The molecule has 0 saturated carbocycles. The number of likely N-dealkylation sites (tertiary alicyclic amines) is 1. The quantitative estimate of drug-likeness (QED) is 0.227. The van der Waals surface area contributed by atoms with Gasteiger partial charge in [-0.25, -0.2) is 4.79 Å². The van der Waals surface area contributed by atoms with E-state index in [1.807, 2.05) is 20.0 Å². The standard InChI is InChI=1S/C18H30N2O3/c1-4-11-19(3)17(21)16(18(22)23-15-5-2)10-9-14-20-12-7-6-8-13-20/h9-10,14H,4-8,11-13,15H2,1-3H3/b14-9+,16-10+. The maximum atomic E-state index is 12.4. The SMILES string of the molecule is CCCOC(=O)/C(=C/C=C/N1CCCCC1)C(=O)N(C)CCC. The molecule has 1 aliphatic rings. The van der Waals surface area contributed by atoms with Crippen molar-refractivity contribution in [2.45, 2.75) is 46.0 Å². The first-order valence-electron chi connectivity index (χ1n) is 8.65. The topological polar surface area (TPSA) is 49.9 Å². The van der Waals surface area contributed by atoms with Gasteiger partial charge in [0.15, 0.2) is 0 Å². The molecule has 5 nitrogen and oxygen atoms in total. The number of hydrogen-bond donors (Lipinski definition) is 0. The Bertz CT molecular complexity index is 438. The van der Waals surface area contributed by atoms with Gasteiger partial charge in [0.25, 0.3) is 5.91 Å². The van der Waals surface area contributed by atoms with Crippen molar-refractivity contribution in [2.75, 3.05) is 33.3 Å². The van der Waals surface area contributed by atoms with Crippen molar-refractivity contribution in [2.24, 2.45) is 0 Å². The summed E-state index contributed by atoms with van der Waals surface area (Å²) in [7, 11) is 1.71. The monoisotopic (exact) mass is 322 g/mol. The molecule has 1 amide bonds. The second-order valence-corrected chi connectivity index (χ2v) is 5.88. The summed E-state index contributed by atoms with van der Waals surface area (Å²) >= 11 is 0. The van der Waals surface area contributed by atoms with Crippen LogP contribution in [0.5, 0.6) is 0 Å². The number of likely N-dealkylation sites (N-methyl/N-ethyl adjacent to an activating group) is 1. The molecular formula is C18H30N2O3. The molecule has 0 aromatic heterocycles. The molecule has 0 bridgehead atoms. The fourth-order valence-corrected chi connectivity index (χ4v) is 2.47. The van der Waals surface area contributed by atoms with Gasteiger partial charge >= 0.3 is 5.97 Å². The Labute approximate surface area is 140 Å². The Morgan fingerprint density at radius 3 is 2.43 bits per heavy atom. The lowest BCUT2D eigenvalue weighted by Crippen LogP contribution is -2.32. The van der Waals surface area contributed by atoms with Gasteiger partial charge in [0.2, 0.25) is 0 Å². The van der Waals surface area contributed by atoms with E-state index in [9.17, 15) is 9.59 Å². The maximum absolute atomic E-state index is 12.4. The minimum atomic E-state index is -0.539. The highest BCUT2D eigenvalue weighted by Crippen LogP contribution is 2.10. The molecule has 1 fully saturated rings. The summed E-state index contributed by atoms with van der Waals surface area (Å²) < 4.78 is 5.14. The molecule has 5 heteroatoms. The molecule has 1 heterocycles. The van der Waals surface area contributed by atoms with Gasteiger partial charge in [-0.15, -0.1) is 0 Å². The van der Waals surface area contributed by atoms with Crippen molar-refractivity contribution in [1.29, 1.82) is 0 Å². The second kappa shape index (κ2) is 10.9. The number of ether oxygens (including phenoxy) is 1. The van der Waals surface area contributed by atoms with E-state index in [1.54, 1.807) is 24.1 Å². The van der Waals surface area contributed by atoms with Crippen LogP contribution in [-0.4, -0.2) is 55.0 Å². The van der Waals surface area contributed by atoms with Crippen molar-refractivity contribution in [1.82, 2.24) is 9.80 Å². The fourth-order valence-electron chi connectivity index (χ4n) is 2.47. The van der Waals surface area contributed by atoms with Crippen LogP contribution in [0.25, 0.3) is 0 Å². The van der Waals surface area contributed by atoms with Gasteiger partial charge in [-0.1, -0.05) is 13.8 Å². The molecule has 23 heavy (non-hydrogen) atoms. The Kier molecular flexibility index (Phi) is 9.10. The number of esters is 1. The summed E-state index contributed by atoms with van der Waals surface area (Å²) in [5.41, 5.74) is 0.0997. The highest BCUT2D eigenvalue weighted by atomic mass is 16.5. The zero-order valence-corrected chi connectivity index (χ0v) is 14.7. The van der Waals surface area contributed by atoms with Crippen LogP contribution in [0.3, 0.4) is 0 Å². The lowest BCUT2D eigenvalue weighted by Gasteiger charge is -2.24. The number of allylic oxidation sites excluding steroid dienone is 2.